The van der Waals surface area contributed by atoms with E-state index in [1.807, 2.05) is 24.3 Å². The number of primary amides is 1. The van der Waals surface area contributed by atoms with Gasteiger partial charge < -0.3 is 15.1 Å². The summed E-state index contributed by atoms with van der Waals surface area (Å²) in [5.74, 6) is 0.0657. The second kappa shape index (κ2) is 10.6. The Morgan fingerprint density at radius 3 is 2.21 bits per heavy atom. The third kappa shape index (κ3) is 5.17. The molecule has 8 nitrogen and oxygen atoms in total. The Kier molecular flexibility index (Phi) is 7.26. The first kappa shape index (κ1) is 29.5. The molecule has 2 unspecified atom stereocenters. The number of nitrogens with two attached hydrogens (primary N) is 1. The topological polar surface area (TPSA) is 137 Å². The number of nitriles is 1. The van der Waals surface area contributed by atoms with Gasteiger partial charge in [0.15, 0.2) is 0 Å². The molecule has 1 amide bonds. The molecule has 1 aliphatic heterocycles. The summed E-state index contributed by atoms with van der Waals surface area (Å²) in [4.78, 5) is 20.1. The Morgan fingerprint density at radius 1 is 1.02 bits per heavy atom. The van der Waals surface area contributed by atoms with E-state index >= 15 is 0 Å². The number of nitrogens with zero attached hydrogens (tertiary/aromatic N) is 3. The number of benzene rings is 2. The average molecular weight is 615 g/mol. The zero-order valence-corrected chi connectivity index (χ0v) is 24.3. The van der Waals surface area contributed by atoms with Crippen molar-refractivity contribution in [2.24, 2.45) is 16.6 Å². The van der Waals surface area contributed by atoms with Gasteiger partial charge in [0.25, 0.3) is 0 Å². The van der Waals surface area contributed by atoms with Crippen LogP contribution in [0.5, 0.6) is 0 Å². The van der Waals surface area contributed by atoms with Crippen LogP contribution < -0.4 is 10.6 Å². The third-order valence-electron chi connectivity index (χ3n) is 9.48. The maximum Gasteiger partial charge on any atom is 0.416 e. The number of anilines is 1. The molecule has 12 heteroatoms. The van der Waals surface area contributed by atoms with E-state index in [2.05, 4.69) is 11.0 Å². The van der Waals surface area contributed by atoms with Crippen LogP contribution in [0.1, 0.15) is 55.8 Å². The zero-order valence-electron chi connectivity index (χ0n) is 23.4. The Labute approximate surface area is 249 Å². The lowest BCUT2D eigenvalue weighted by Gasteiger charge is -2.44. The zero-order chi connectivity index (χ0) is 30.6. The standard InChI is InChI=1S/C31H33F3N4O4S/c32-31(33,34)22-8-4-21(5-9-22)27-37-25(20-6-10-23(11-7-20)38-15-17-43(40,41)18-16-38)26(42-27)24-3-1-2-12-30(24,28(36)39)29(19-35)13-14-29/h4-11,24,40-41H,1-3,12-18H2,(H2,36,39). The molecule has 2 aliphatic carbocycles. The molecule has 0 spiro atoms. The van der Waals surface area contributed by atoms with Crippen LogP contribution in [0.25, 0.3) is 22.7 Å². The first-order valence-corrected chi connectivity index (χ1v) is 16.3. The lowest BCUT2D eigenvalue weighted by Crippen LogP contribution is -2.50. The number of hydrogen-bond donors (Lipinski definition) is 3. The van der Waals surface area contributed by atoms with E-state index in [0.29, 0.717) is 72.9 Å². The molecule has 0 radical (unpaired) electrons. The van der Waals surface area contributed by atoms with Gasteiger partial charge in [0, 0.05) is 35.8 Å². The Morgan fingerprint density at radius 2 is 1.65 bits per heavy atom. The van der Waals surface area contributed by atoms with Gasteiger partial charge in [-0.1, -0.05) is 25.0 Å². The van der Waals surface area contributed by atoms with Crippen molar-refractivity contribution >= 4 is 22.2 Å². The number of alkyl halides is 3. The van der Waals surface area contributed by atoms with Gasteiger partial charge in [-0.15, -0.1) is 0 Å². The van der Waals surface area contributed by atoms with Crippen molar-refractivity contribution < 1.29 is 31.5 Å². The molecular formula is C31H33F3N4O4S. The van der Waals surface area contributed by atoms with Gasteiger partial charge in [-0.2, -0.15) is 29.0 Å². The molecule has 3 fully saturated rings. The van der Waals surface area contributed by atoms with Crippen molar-refractivity contribution in [2.75, 3.05) is 29.5 Å². The van der Waals surface area contributed by atoms with E-state index in [1.165, 1.54) is 12.1 Å². The molecule has 1 aromatic heterocycles. The molecule has 228 valence electrons. The number of carbonyl (C=O) groups is 1. The SMILES string of the molecule is N#CC1(C2(C(N)=O)CCCCC2c2oc(-c3ccc(C(F)(F)F)cc3)nc2-c2ccc(N3CCS(O)(O)CC3)cc2)CC1. The van der Waals surface area contributed by atoms with E-state index < -0.39 is 45.0 Å². The number of carbonyl (C=O) groups excluding carboxylic acids is 1. The Hall–Kier alpha value is -3.53. The summed E-state index contributed by atoms with van der Waals surface area (Å²) < 4.78 is 66.1. The summed E-state index contributed by atoms with van der Waals surface area (Å²) in [6.07, 6.45) is -0.821. The molecule has 0 bridgehead atoms. The number of amides is 1. The molecule has 2 saturated carbocycles. The fraction of sp³-hybridized carbons (Fsp3) is 0.452. The predicted octanol–water partition coefficient (Wildman–Crippen LogP) is 7.03. The number of hydrogen-bond acceptors (Lipinski definition) is 7. The Bertz CT molecular complexity index is 1550. The first-order valence-electron chi connectivity index (χ1n) is 14.4. The van der Waals surface area contributed by atoms with Crippen molar-refractivity contribution in [1.82, 2.24) is 4.98 Å². The van der Waals surface area contributed by atoms with E-state index in [-0.39, 0.29) is 5.89 Å². The molecule has 2 atom stereocenters. The molecule has 6 rings (SSSR count). The second-order valence-corrected chi connectivity index (χ2v) is 14.3. The summed E-state index contributed by atoms with van der Waals surface area (Å²) in [5, 5.41) is 10.2. The largest absolute Gasteiger partial charge is 0.440 e. The van der Waals surface area contributed by atoms with Gasteiger partial charge in [0.2, 0.25) is 11.8 Å². The van der Waals surface area contributed by atoms with Crippen LogP contribution in [0, 0.1) is 22.2 Å². The molecule has 3 aromatic rings. The summed E-state index contributed by atoms with van der Waals surface area (Å²) in [7, 11) is -2.54. The molecule has 2 heterocycles. The van der Waals surface area contributed by atoms with Crippen molar-refractivity contribution in [3.8, 4) is 28.8 Å². The number of rotatable bonds is 6. The highest BCUT2D eigenvalue weighted by atomic mass is 32.3. The summed E-state index contributed by atoms with van der Waals surface area (Å²) in [6.45, 7) is 1.02. The molecule has 4 N–H and O–H groups in total. The van der Waals surface area contributed by atoms with Crippen molar-refractivity contribution in [1.29, 1.82) is 5.26 Å². The molecule has 2 aromatic carbocycles. The van der Waals surface area contributed by atoms with Gasteiger partial charge in [-0.05, 0) is 62.1 Å². The molecule has 1 saturated heterocycles. The van der Waals surface area contributed by atoms with Gasteiger partial charge in [-0.3, -0.25) is 13.9 Å². The lowest BCUT2D eigenvalue weighted by molar-refractivity contribution is -0.137. The van der Waals surface area contributed by atoms with Crippen LogP contribution in [0.4, 0.5) is 18.9 Å². The van der Waals surface area contributed by atoms with Crippen LogP contribution >= 0.6 is 10.6 Å². The minimum absolute atomic E-state index is 0.120. The van der Waals surface area contributed by atoms with Gasteiger partial charge in [0.05, 0.1) is 34.0 Å². The van der Waals surface area contributed by atoms with E-state index in [9.17, 15) is 32.3 Å². The highest BCUT2D eigenvalue weighted by Gasteiger charge is 2.67. The normalized spacial score (nSPS) is 25.5. The quantitative estimate of drug-likeness (QED) is 0.271. The van der Waals surface area contributed by atoms with E-state index in [0.717, 1.165) is 30.7 Å². The second-order valence-electron chi connectivity index (χ2n) is 11.9. The highest BCUT2D eigenvalue weighted by Crippen LogP contribution is 2.68. The lowest BCUT2D eigenvalue weighted by atomic mass is 9.56. The fourth-order valence-electron chi connectivity index (χ4n) is 6.93. The third-order valence-corrected chi connectivity index (χ3v) is 11.2. The van der Waals surface area contributed by atoms with Gasteiger partial charge in [0.1, 0.15) is 11.5 Å². The van der Waals surface area contributed by atoms with Gasteiger partial charge in [-0.25, -0.2) is 4.98 Å². The summed E-state index contributed by atoms with van der Waals surface area (Å²) in [6, 6.07) is 14.5. The maximum atomic E-state index is 13.3. The highest BCUT2D eigenvalue weighted by molar-refractivity contribution is 8.24. The van der Waals surface area contributed by atoms with Crippen molar-refractivity contribution in [3.05, 3.63) is 59.9 Å². The smallest absolute Gasteiger partial charge is 0.416 e. The minimum Gasteiger partial charge on any atom is -0.440 e. The Balaban J connectivity index is 1.44. The first-order chi connectivity index (χ1) is 20.4. The van der Waals surface area contributed by atoms with Gasteiger partial charge >= 0.3 is 6.18 Å². The van der Waals surface area contributed by atoms with E-state index in [4.69, 9.17) is 15.1 Å². The fourth-order valence-corrected chi connectivity index (χ4v) is 8.16. The summed E-state index contributed by atoms with van der Waals surface area (Å²) in [5.41, 5.74) is 5.69. The van der Waals surface area contributed by atoms with Crippen molar-refractivity contribution in [3.63, 3.8) is 0 Å². The predicted molar refractivity (Wildman–Crippen MR) is 157 cm³/mol. The van der Waals surface area contributed by atoms with Crippen LogP contribution in [0.15, 0.2) is 52.9 Å². The van der Waals surface area contributed by atoms with Crippen LogP contribution in [0.2, 0.25) is 0 Å². The molecule has 3 aliphatic rings. The number of halogens is 3. The average Bonchev–Trinajstić information content (AvgIpc) is 3.68. The molecular weight excluding hydrogens is 581 g/mol. The number of oxazole rings is 1. The monoisotopic (exact) mass is 614 g/mol. The van der Waals surface area contributed by atoms with Crippen molar-refractivity contribution in [2.45, 2.75) is 50.6 Å². The van der Waals surface area contributed by atoms with Crippen LogP contribution in [0.3, 0.4) is 0 Å². The minimum atomic E-state index is -4.49. The number of aromatic nitrogens is 1. The maximum absolute atomic E-state index is 13.3. The van der Waals surface area contributed by atoms with Crippen LogP contribution in [-0.2, 0) is 11.0 Å². The van der Waals surface area contributed by atoms with E-state index in [1.54, 1.807) is 0 Å². The summed E-state index contributed by atoms with van der Waals surface area (Å²) >= 11 is 0. The van der Waals surface area contributed by atoms with Crippen LogP contribution in [-0.4, -0.2) is 44.6 Å². The molecule has 43 heavy (non-hydrogen) atoms.